The molecule has 0 aliphatic heterocycles. The van der Waals surface area contributed by atoms with Crippen molar-refractivity contribution in [3.8, 4) is 0 Å². The summed E-state index contributed by atoms with van der Waals surface area (Å²) >= 11 is 0. The lowest BCUT2D eigenvalue weighted by Crippen LogP contribution is -2.44. The van der Waals surface area contributed by atoms with E-state index in [9.17, 15) is 9.59 Å². The Labute approximate surface area is 140 Å². The van der Waals surface area contributed by atoms with Crippen molar-refractivity contribution < 1.29 is 14.3 Å². The molecule has 0 aliphatic carbocycles. The first-order chi connectivity index (χ1) is 10.6. The maximum Gasteiger partial charge on any atom is 0.325 e. The molecule has 6 nitrogen and oxygen atoms in total. The molecule has 0 aliphatic rings. The van der Waals surface area contributed by atoms with Gasteiger partial charge in [-0.25, -0.2) is 0 Å². The summed E-state index contributed by atoms with van der Waals surface area (Å²) in [7, 11) is 1.59. The summed E-state index contributed by atoms with van der Waals surface area (Å²) in [5, 5.41) is 10.3. The first-order valence-electron chi connectivity index (χ1n) is 8.37. The summed E-state index contributed by atoms with van der Waals surface area (Å²) in [5.74, 6) is -0.669. The molecule has 0 spiro atoms. The second-order valence-electron chi connectivity index (χ2n) is 7.06. The maximum absolute atomic E-state index is 11.9. The molecule has 6 heteroatoms. The van der Waals surface area contributed by atoms with Crippen LogP contribution in [0.4, 0.5) is 0 Å². The van der Waals surface area contributed by atoms with Gasteiger partial charge >= 0.3 is 5.97 Å². The molecule has 0 bridgehead atoms. The van der Waals surface area contributed by atoms with Crippen LogP contribution in [0.1, 0.15) is 66.7 Å². The smallest absolute Gasteiger partial charge is 0.325 e. The molecule has 0 radical (unpaired) electrons. The Kier molecular flexibility index (Phi) is 9.53. The number of esters is 1. The normalized spacial score (nSPS) is 12.4. The number of hydrogen-bond acceptors (Lipinski definition) is 4. The van der Waals surface area contributed by atoms with Gasteiger partial charge < -0.3 is 9.64 Å². The van der Waals surface area contributed by atoms with E-state index in [1.807, 2.05) is 27.7 Å². The number of likely N-dealkylation sites (N-methyl/N-ethyl adjacent to an activating group) is 1. The van der Waals surface area contributed by atoms with Crippen LogP contribution in [-0.4, -0.2) is 42.4 Å². The van der Waals surface area contributed by atoms with Gasteiger partial charge in [0.25, 0.3) is 0 Å². The Morgan fingerprint density at radius 3 is 2.35 bits per heavy atom. The van der Waals surface area contributed by atoms with Crippen molar-refractivity contribution in [2.75, 3.05) is 13.6 Å². The van der Waals surface area contributed by atoms with Gasteiger partial charge in [0, 0.05) is 13.5 Å². The topological polar surface area (TPSA) is 82.5 Å². The zero-order valence-corrected chi connectivity index (χ0v) is 15.5. The lowest BCUT2D eigenvalue weighted by Gasteiger charge is -2.28. The quantitative estimate of drug-likeness (QED) is 0.311. The van der Waals surface area contributed by atoms with Crippen LogP contribution >= 0.6 is 0 Å². The molecule has 0 aromatic carbocycles. The monoisotopic (exact) mass is 327 g/mol. The largest absolute Gasteiger partial charge is 0.461 e. The van der Waals surface area contributed by atoms with Gasteiger partial charge in [0.15, 0.2) is 5.96 Å². The van der Waals surface area contributed by atoms with E-state index in [2.05, 4.69) is 12.2 Å². The number of unbranched alkanes of at least 4 members (excludes halogenated alkanes) is 3. The molecule has 0 fully saturated rings. The lowest BCUT2D eigenvalue weighted by molar-refractivity contribution is -0.153. The summed E-state index contributed by atoms with van der Waals surface area (Å²) < 4.78 is 5.34. The van der Waals surface area contributed by atoms with Crippen molar-refractivity contribution in [3.63, 3.8) is 0 Å². The average molecular weight is 327 g/mol. The number of rotatable bonds is 8. The maximum atomic E-state index is 11.9. The van der Waals surface area contributed by atoms with Gasteiger partial charge in [-0.1, -0.05) is 47.0 Å². The molecule has 0 saturated carbocycles. The summed E-state index contributed by atoms with van der Waals surface area (Å²) in [5.41, 5.74) is -0.131. The predicted octanol–water partition coefficient (Wildman–Crippen LogP) is 2.92. The summed E-state index contributed by atoms with van der Waals surface area (Å²) in [4.78, 5) is 25.0. The fourth-order valence-electron chi connectivity index (χ4n) is 1.69. The Hall–Kier alpha value is -1.59. The van der Waals surface area contributed by atoms with Gasteiger partial charge in [-0.05, 0) is 18.8 Å². The standard InChI is InChI=1S/C17H33N3O3/c1-7-8-9-10-11-14(21)19-16(18)20(6)12-15(22)23-13(2)17(3,4)5/h13H,7-12H2,1-6H3,(H2,18,19,21). The number of carbonyl (C=O) groups is 2. The summed E-state index contributed by atoms with van der Waals surface area (Å²) in [6.07, 6.45) is 4.26. The van der Waals surface area contributed by atoms with Crippen LogP contribution in [0.5, 0.6) is 0 Å². The van der Waals surface area contributed by atoms with Crippen molar-refractivity contribution in [2.45, 2.75) is 72.8 Å². The Bertz CT molecular complexity index is 402. The van der Waals surface area contributed by atoms with Crippen LogP contribution in [0.25, 0.3) is 0 Å². The number of hydrogen-bond donors (Lipinski definition) is 2. The Morgan fingerprint density at radius 1 is 1.22 bits per heavy atom. The van der Waals surface area contributed by atoms with Crippen LogP contribution < -0.4 is 5.32 Å². The van der Waals surface area contributed by atoms with Crippen LogP contribution in [0.3, 0.4) is 0 Å². The van der Waals surface area contributed by atoms with E-state index in [-0.39, 0.29) is 29.9 Å². The van der Waals surface area contributed by atoms with E-state index in [0.29, 0.717) is 6.42 Å². The molecule has 0 aromatic heterocycles. The molecular formula is C17H33N3O3. The van der Waals surface area contributed by atoms with Crippen LogP contribution in [0.2, 0.25) is 0 Å². The fourth-order valence-corrected chi connectivity index (χ4v) is 1.69. The number of nitrogens with one attached hydrogen (secondary N) is 2. The van der Waals surface area contributed by atoms with E-state index in [1.165, 1.54) is 4.90 Å². The zero-order valence-electron chi connectivity index (χ0n) is 15.5. The lowest BCUT2D eigenvalue weighted by atomic mass is 9.90. The van der Waals surface area contributed by atoms with Crippen LogP contribution in [0.15, 0.2) is 0 Å². The molecule has 0 heterocycles. The van der Waals surface area contributed by atoms with Gasteiger partial charge in [-0.15, -0.1) is 0 Å². The third kappa shape index (κ3) is 9.92. The Morgan fingerprint density at radius 2 is 1.83 bits per heavy atom. The molecule has 134 valence electrons. The summed E-state index contributed by atoms with van der Waals surface area (Å²) in [6.45, 7) is 9.89. The summed E-state index contributed by atoms with van der Waals surface area (Å²) in [6, 6.07) is 0. The van der Waals surface area contributed by atoms with Crippen molar-refractivity contribution in [2.24, 2.45) is 5.41 Å². The third-order valence-corrected chi connectivity index (χ3v) is 3.79. The highest BCUT2D eigenvalue weighted by Crippen LogP contribution is 2.21. The first kappa shape index (κ1) is 21.4. The van der Waals surface area contributed by atoms with E-state index in [1.54, 1.807) is 7.05 Å². The van der Waals surface area contributed by atoms with Crippen molar-refractivity contribution in [3.05, 3.63) is 0 Å². The van der Waals surface area contributed by atoms with E-state index in [0.717, 1.165) is 25.7 Å². The third-order valence-electron chi connectivity index (χ3n) is 3.79. The number of carbonyl (C=O) groups excluding carboxylic acids is 2. The molecular weight excluding hydrogens is 294 g/mol. The second-order valence-corrected chi connectivity index (χ2v) is 7.06. The van der Waals surface area contributed by atoms with Crippen LogP contribution in [0, 0.1) is 10.8 Å². The second kappa shape index (κ2) is 10.2. The minimum atomic E-state index is -0.406. The van der Waals surface area contributed by atoms with Gasteiger partial charge in [0.1, 0.15) is 12.6 Å². The molecule has 23 heavy (non-hydrogen) atoms. The molecule has 1 unspecified atom stereocenters. The number of nitrogens with zero attached hydrogens (tertiary/aromatic N) is 1. The minimum absolute atomic E-state index is 0.0602. The van der Waals surface area contributed by atoms with Gasteiger partial charge in [0.05, 0.1) is 0 Å². The van der Waals surface area contributed by atoms with E-state index < -0.39 is 5.97 Å². The average Bonchev–Trinajstić information content (AvgIpc) is 2.42. The highest BCUT2D eigenvalue weighted by Gasteiger charge is 2.24. The zero-order chi connectivity index (χ0) is 18.0. The van der Waals surface area contributed by atoms with E-state index in [4.69, 9.17) is 10.1 Å². The van der Waals surface area contributed by atoms with Gasteiger partial charge in [0.2, 0.25) is 5.91 Å². The van der Waals surface area contributed by atoms with Crippen molar-refractivity contribution >= 4 is 17.8 Å². The Balaban J connectivity index is 4.14. The van der Waals surface area contributed by atoms with Crippen molar-refractivity contribution in [1.82, 2.24) is 10.2 Å². The minimum Gasteiger partial charge on any atom is -0.461 e. The van der Waals surface area contributed by atoms with Crippen molar-refractivity contribution in [1.29, 1.82) is 5.41 Å². The van der Waals surface area contributed by atoms with Crippen LogP contribution in [-0.2, 0) is 14.3 Å². The SMILES string of the molecule is CCCCCCC(=O)NC(=N)N(C)CC(=O)OC(C)C(C)(C)C. The number of amides is 1. The van der Waals surface area contributed by atoms with Gasteiger partial charge in [-0.2, -0.15) is 0 Å². The number of ether oxygens (including phenoxy) is 1. The highest BCUT2D eigenvalue weighted by molar-refractivity contribution is 5.96. The molecule has 2 N–H and O–H groups in total. The first-order valence-corrected chi connectivity index (χ1v) is 8.37. The number of guanidine groups is 1. The van der Waals surface area contributed by atoms with E-state index >= 15 is 0 Å². The fraction of sp³-hybridized carbons (Fsp3) is 0.824. The van der Waals surface area contributed by atoms with Gasteiger partial charge in [-0.3, -0.25) is 20.3 Å². The highest BCUT2D eigenvalue weighted by atomic mass is 16.5. The predicted molar refractivity (Wildman–Crippen MR) is 92.3 cm³/mol. The molecule has 1 amide bonds. The molecule has 0 rings (SSSR count). The molecule has 0 saturated heterocycles. The molecule has 0 aromatic rings. The molecule has 1 atom stereocenters.